The van der Waals surface area contributed by atoms with E-state index < -0.39 is 0 Å². The third kappa shape index (κ3) is 7.53. The number of para-hydroxylation sites is 3. The van der Waals surface area contributed by atoms with Crippen molar-refractivity contribution >= 4 is 68.6 Å². The second-order valence-electron chi connectivity index (χ2n) is 19.4. The van der Waals surface area contributed by atoms with Crippen LogP contribution in [0.25, 0.3) is 90.7 Å². The molecule has 1 atom stereocenters. The molecule has 0 aliphatic heterocycles. The molecule has 12 rings (SSSR count). The topological polar surface area (TPSA) is 21.3 Å². The van der Waals surface area contributed by atoms with Crippen LogP contribution in [0.3, 0.4) is 0 Å². The summed E-state index contributed by atoms with van der Waals surface area (Å²) in [5, 5.41) is 5.27. The minimum Gasteiger partial charge on any atom is -0.455 e. The van der Waals surface area contributed by atoms with Crippen LogP contribution in [0.1, 0.15) is 48.4 Å². The van der Waals surface area contributed by atoms with Crippen molar-refractivity contribution in [2.24, 2.45) is 0 Å². The number of benzene rings is 8. The van der Waals surface area contributed by atoms with E-state index in [2.05, 4.69) is 262 Å². The van der Waals surface area contributed by atoms with E-state index in [9.17, 15) is 0 Å². The third-order valence-electron chi connectivity index (χ3n) is 14.9. The van der Waals surface area contributed by atoms with Gasteiger partial charge in [0.05, 0.1) is 5.52 Å². The second-order valence-corrected chi connectivity index (χ2v) is 19.4. The molecule has 0 spiro atoms. The summed E-state index contributed by atoms with van der Waals surface area (Å²) in [6.07, 6.45) is 20.0. The number of anilines is 2. The largest absolute Gasteiger partial charge is 0.455 e. The Kier molecular flexibility index (Phi) is 11.1. The molecule has 0 saturated carbocycles. The number of aromatic nitrogens is 1. The molecule has 10 aromatic rings. The molecule has 2 aliphatic carbocycles. The van der Waals surface area contributed by atoms with Gasteiger partial charge in [0.1, 0.15) is 11.2 Å². The summed E-state index contributed by atoms with van der Waals surface area (Å²) < 4.78 is 9.13. The molecular weight excluding hydrogens is 873 g/mol. The van der Waals surface area contributed by atoms with Crippen LogP contribution in [0, 0.1) is 0 Å². The monoisotopic (exact) mass is 926 g/mol. The number of hydrogen-bond donors (Lipinski definition) is 0. The van der Waals surface area contributed by atoms with E-state index in [0.29, 0.717) is 5.92 Å². The fraction of sp³-hybridized carbons (Fsp3) is 0.0725. The van der Waals surface area contributed by atoms with E-state index in [0.717, 1.165) is 83.5 Å². The summed E-state index contributed by atoms with van der Waals surface area (Å²) in [6.45, 7) is 17.3. The standard InChI is InChI=1S/C69H54N2O/c1-6-19-56-46(3)70(66-30-15-14-25-61(56)66)43-18-24-47(7-2)57-26-16-28-62-63-29-17-27-58(68(63)72-67(57)62)52-35-41-59-60-42-40-55(45-65(60)69(4,5)64(59)44-52)71(53-36-31-50(32-37-53)48-20-10-8-11-21-48)54-38-33-51(34-39-54)49-22-12-9-13-23-49/h6-33,35-45,51H,1-3,34H2,4-5H3/b43-18+,47-24+,56-19+. The molecule has 2 aromatic heterocycles. The molecule has 3 heteroatoms. The zero-order chi connectivity index (χ0) is 48.9. The van der Waals surface area contributed by atoms with Gasteiger partial charge in [0.25, 0.3) is 0 Å². The Hall–Kier alpha value is -8.92. The minimum atomic E-state index is -0.270. The molecule has 1 unspecified atom stereocenters. The molecule has 346 valence electrons. The maximum Gasteiger partial charge on any atom is 0.143 e. The highest BCUT2D eigenvalue weighted by Crippen LogP contribution is 2.52. The van der Waals surface area contributed by atoms with Crippen molar-refractivity contribution in [3.05, 3.63) is 276 Å². The van der Waals surface area contributed by atoms with Gasteiger partial charge in [0, 0.05) is 72.5 Å². The molecule has 8 aromatic carbocycles. The molecule has 0 N–H and O–H groups in total. The summed E-state index contributed by atoms with van der Waals surface area (Å²) >= 11 is 0. The fourth-order valence-corrected chi connectivity index (χ4v) is 11.2. The molecule has 0 radical (unpaired) electrons. The van der Waals surface area contributed by atoms with E-state index in [1.54, 1.807) is 0 Å². The Morgan fingerprint density at radius 1 is 0.639 bits per heavy atom. The Morgan fingerprint density at radius 2 is 1.29 bits per heavy atom. The fourth-order valence-electron chi connectivity index (χ4n) is 11.2. The normalized spacial score (nSPS) is 15.3. The zero-order valence-corrected chi connectivity index (χ0v) is 40.7. The van der Waals surface area contributed by atoms with Gasteiger partial charge in [-0.1, -0.05) is 216 Å². The number of hydrogen-bond acceptors (Lipinski definition) is 2. The minimum absolute atomic E-state index is 0.270. The van der Waals surface area contributed by atoms with E-state index in [4.69, 9.17) is 4.42 Å². The van der Waals surface area contributed by atoms with E-state index in [1.165, 1.54) is 44.6 Å². The van der Waals surface area contributed by atoms with Gasteiger partial charge in [-0.3, -0.25) is 0 Å². The molecule has 0 fully saturated rings. The lowest BCUT2D eigenvalue weighted by Crippen LogP contribution is -2.24. The first-order chi connectivity index (χ1) is 35.3. The van der Waals surface area contributed by atoms with Gasteiger partial charge >= 0.3 is 0 Å². The molecule has 72 heavy (non-hydrogen) atoms. The predicted molar refractivity (Wildman–Crippen MR) is 307 cm³/mol. The second kappa shape index (κ2) is 18.1. The van der Waals surface area contributed by atoms with Crippen LogP contribution in [0.5, 0.6) is 0 Å². The molecule has 3 nitrogen and oxygen atoms in total. The van der Waals surface area contributed by atoms with Crippen LogP contribution in [-0.2, 0) is 5.41 Å². The van der Waals surface area contributed by atoms with Crippen LogP contribution in [-0.4, -0.2) is 4.57 Å². The smallest absolute Gasteiger partial charge is 0.143 e. The van der Waals surface area contributed by atoms with Crippen molar-refractivity contribution in [2.75, 3.05) is 4.90 Å². The van der Waals surface area contributed by atoms with E-state index in [1.807, 2.05) is 18.2 Å². The third-order valence-corrected chi connectivity index (χ3v) is 14.9. The number of allylic oxidation sites excluding steroid dienone is 8. The predicted octanol–water partition coefficient (Wildman–Crippen LogP) is 17.1. The van der Waals surface area contributed by atoms with Crippen LogP contribution < -0.4 is 15.5 Å². The average molecular weight is 927 g/mol. The molecule has 0 amide bonds. The van der Waals surface area contributed by atoms with Gasteiger partial charge in [-0.2, -0.15) is 0 Å². The van der Waals surface area contributed by atoms with Gasteiger partial charge in [-0.25, -0.2) is 0 Å². The lowest BCUT2D eigenvalue weighted by Gasteiger charge is -2.31. The van der Waals surface area contributed by atoms with Crippen molar-refractivity contribution in [1.29, 1.82) is 0 Å². The zero-order valence-electron chi connectivity index (χ0n) is 40.7. The quantitative estimate of drug-likeness (QED) is 0.121. The van der Waals surface area contributed by atoms with Gasteiger partial charge in [0.15, 0.2) is 0 Å². The lowest BCUT2D eigenvalue weighted by atomic mass is 9.81. The summed E-state index contributed by atoms with van der Waals surface area (Å²) in [5.41, 5.74) is 19.0. The van der Waals surface area contributed by atoms with Gasteiger partial charge in [-0.05, 0) is 105 Å². The van der Waals surface area contributed by atoms with Crippen molar-refractivity contribution in [1.82, 2.24) is 4.57 Å². The number of furan rings is 1. The van der Waals surface area contributed by atoms with Gasteiger partial charge in [0.2, 0.25) is 0 Å². The summed E-state index contributed by atoms with van der Waals surface area (Å²) in [4.78, 5) is 2.43. The highest BCUT2D eigenvalue weighted by Gasteiger charge is 2.37. The Balaban J connectivity index is 0.890. The van der Waals surface area contributed by atoms with Crippen LogP contribution in [0.2, 0.25) is 0 Å². The first-order valence-electron chi connectivity index (χ1n) is 24.9. The van der Waals surface area contributed by atoms with Gasteiger partial charge in [-0.15, -0.1) is 0 Å². The maximum absolute atomic E-state index is 7.00. The van der Waals surface area contributed by atoms with Crippen molar-refractivity contribution in [3.63, 3.8) is 0 Å². The summed E-state index contributed by atoms with van der Waals surface area (Å²) in [7, 11) is 0. The average Bonchev–Trinajstić information content (AvgIpc) is 4.02. The van der Waals surface area contributed by atoms with Crippen molar-refractivity contribution < 1.29 is 4.42 Å². The Labute approximate surface area is 421 Å². The number of nitrogens with zero attached hydrogens (tertiary/aromatic N) is 2. The first kappa shape index (κ1) is 44.3. The summed E-state index contributed by atoms with van der Waals surface area (Å²) in [6, 6.07) is 65.7. The lowest BCUT2D eigenvalue weighted by molar-refractivity contribution is 0.660. The van der Waals surface area contributed by atoms with Gasteiger partial charge < -0.3 is 13.9 Å². The highest BCUT2D eigenvalue weighted by molar-refractivity contribution is 6.12. The Morgan fingerprint density at radius 3 is 2.04 bits per heavy atom. The number of rotatable bonds is 11. The van der Waals surface area contributed by atoms with E-state index in [-0.39, 0.29) is 5.41 Å². The molecule has 2 aliphatic rings. The molecule has 0 bridgehead atoms. The first-order valence-corrected chi connectivity index (χ1v) is 24.9. The SMILES string of the molecule is C=C/C=c1\c(=C)n(/C=C/C=C(\C=C)c2cccc3c2oc2c(-c4ccc5c(c4)C(C)(C)c4cc(N(C6=CCC(c7ccccc7)C=C6)c6ccc(-c7ccccc7)cc6)ccc4-5)cccc23)c2ccccc12. The van der Waals surface area contributed by atoms with Crippen LogP contribution in [0.4, 0.5) is 11.4 Å². The van der Waals surface area contributed by atoms with Crippen molar-refractivity contribution in [3.8, 4) is 33.4 Å². The molecular formula is C69H54N2O. The highest BCUT2D eigenvalue weighted by atomic mass is 16.3. The van der Waals surface area contributed by atoms with Crippen LogP contribution in [0.15, 0.2) is 248 Å². The molecule has 0 saturated heterocycles. The molecule has 2 heterocycles. The number of fused-ring (bicyclic) bond motifs is 7. The maximum atomic E-state index is 7.00. The Bertz CT molecular complexity index is 4020. The van der Waals surface area contributed by atoms with Crippen LogP contribution >= 0.6 is 0 Å². The summed E-state index contributed by atoms with van der Waals surface area (Å²) in [5.74, 6) is 0.344. The van der Waals surface area contributed by atoms with Crippen molar-refractivity contribution in [2.45, 2.75) is 31.6 Å². The van der Waals surface area contributed by atoms with E-state index >= 15 is 0 Å².